The third kappa shape index (κ3) is 4.63. The van der Waals surface area contributed by atoms with Crippen LogP contribution >= 0.6 is 0 Å². The Morgan fingerprint density at radius 1 is 1.38 bits per heavy atom. The number of carbonyl (C=O) groups is 1. The predicted molar refractivity (Wildman–Crippen MR) is 84.3 cm³/mol. The van der Waals surface area contributed by atoms with E-state index in [2.05, 4.69) is 22.3 Å². The topological polar surface area (TPSA) is 67.6 Å². The molecule has 1 saturated heterocycles. The van der Waals surface area contributed by atoms with Gasteiger partial charge in [0.15, 0.2) is 0 Å². The van der Waals surface area contributed by atoms with Gasteiger partial charge in [-0.2, -0.15) is 0 Å². The zero-order valence-electron chi connectivity index (χ0n) is 13.1. The number of nitrogens with one attached hydrogen (secondary N) is 1. The fourth-order valence-electron chi connectivity index (χ4n) is 2.43. The molecule has 21 heavy (non-hydrogen) atoms. The van der Waals surface area contributed by atoms with Crippen molar-refractivity contribution in [2.75, 3.05) is 18.0 Å². The minimum absolute atomic E-state index is 0.133. The molecule has 0 aliphatic carbocycles. The van der Waals surface area contributed by atoms with Gasteiger partial charge in [-0.15, -0.1) is 0 Å². The summed E-state index contributed by atoms with van der Waals surface area (Å²) in [5.41, 5.74) is 7.44. The van der Waals surface area contributed by atoms with Crippen LogP contribution < -0.4 is 16.0 Å². The second-order valence-electron chi connectivity index (χ2n) is 6.45. The summed E-state index contributed by atoms with van der Waals surface area (Å²) >= 11 is 0. The SMILES string of the molecule is CC(C)(C)OC(=O)NC1CCN(c2ccc(CN)cc2)C1. The summed E-state index contributed by atoms with van der Waals surface area (Å²) in [5.74, 6) is 0. The minimum atomic E-state index is -0.458. The van der Waals surface area contributed by atoms with Crippen molar-refractivity contribution in [1.29, 1.82) is 0 Å². The van der Waals surface area contributed by atoms with Gasteiger partial charge in [0.05, 0.1) is 6.04 Å². The van der Waals surface area contributed by atoms with Gasteiger partial charge in [-0.05, 0) is 44.9 Å². The summed E-state index contributed by atoms with van der Waals surface area (Å²) in [7, 11) is 0. The van der Waals surface area contributed by atoms with Crippen molar-refractivity contribution < 1.29 is 9.53 Å². The van der Waals surface area contributed by atoms with E-state index in [0.29, 0.717) is 6.54 Å². The van der Waals surface area contributed by atoms with Gasteiger partial charge in [0, 0.05) is 25.3 Å². The molecule has 1 unspecified atom stereocenters. The molecule has 1 aliphatic rings. The summed E-state index contributed by atoms with van der Waals surface area (Å²) in [6.07, 6.45) is 0.588. The Morgan fingerprint density at radius 2 is 2.05 bits per heavy atom. The molecule has 1 amide bonds. The second-order valence-corrected chi connectivity index (χ2v) is 6.45. The lowest BCUT2D eigenvalue weighted by atomic mass is 10.2. The molecule has 1 aromatic carbocycles. The molecule has 1 fully saturated rings. The van der Waals surface area contributed by atoms with Crippen LogP contribution in [-0.2, 0) is 11.3 Å². The van der Waals surface area contributed by atoms with Crippen LogP contribution in [0.4, 0.5) is 10.5 Å². The van der Waals surface area contributed by atoms with Crippen molar-refractivity contribution in [3.8, 4) is 0 Å². The molecule has 0 radical (unpaired) electrons. The van der Waals surface area contributed by atoms with Crippen LogP contribution in [0.2, 0.25) is 0 Å². The Bertz CT molecular complexity index is 479. The highest BCUT2D eigenvalue weighted by Gasteiger charge is 2.26. The van der Waals surface area contributed by atoms with Crippen molar-refractivity contribution in [3.05, 3.63) is 29.8 Å². The summed E-state index contributed by atoms with van der Waals surface area (Å²) in [5, 5.41) is 2.93. The van der Waals surface area contributed by atoms with Gasteiger partial charge < -0.3 is 20.7 Å². The maximum atomic E-state index is 11.8. The fourth-order valence-corrected chi connectivity index (χ4v) is 2.43. The lowest BCUT2D eigenvalue weighted by Crippen LogP contribution is -2.40. The number of carbonyl (C=O) groups excluding carboxylic acids is 1. The van der Waals surface area contributed by atoms with Gasteiger partial charge in [-0.25, -0.2) is 4.79 Å². The van der Waals surface area contributed by atoms with Gasteiger partial charge in [-0.3, -0.25) is 0 Å². The first-order chi connectivity index (χ1) is 9.87. The molecule has 5 nitrogen and oxygen atoms in total. The van der Waals surface area contributed by atoms with E-state index in [-0.39, 0.29) is 12.1 Å². The van der Waals surface area contributed by atoms with Crippen molar-refractivity contribution in [3.63, 3.8) is 0 Å². The molecule has 1 atom stereocenters. The Morgan fingerprint density at radius 3 is 2.62 bits per heavy atom. The van der Waals surface area contributed by atoms with Crippen LogP contribution in [0.15, 0.2) is 24.3 Å². The molecule has 1 aromatic rings. The Balaban J connectivity index is 1.86. The zero-order chi connectivity index (χ0) is 15.5. The Labute approximate surface area is 126 Å². The van der Waals surface area contributed by atoms with E-state index in [4.69, 9.17) is 10.5 Å². The maximum absolute atomic E-state index is 11.8. The normalized spacial score (nSPS) is 18.7. The summed E-state index contributed by atoms with van der Waals surface area (Å²) in [4.78, 5) is 14.0. The first-order valence-electron chi connectivity index (χ1n) is 7.41. The first-order valence-corrected chi connectivity index (χ1v) is 7.41. The Kier molecular flexibility index (Phi) is 4.73. The highest BCUT2D eigenvalue weighted by Crippen LogP contribution is 2.21. The maximum Gasteiger partial charge on any atom is 0.407 e. The van der Waals surface area contributed by atoms with Gasteiger partial charge in [0.1, 0.15) is 5.60 Å². The molecule has 5 heteroatoms. The number of amides is 1. The number of nitrogens with zero attached hydrogens (tertiary/aromatic N) is 1. The number of rotatable bonds is 3. The molecule has 2 rings (SSSR count). The van der Waals surface area contributed by atoms with E-state index in [9.17, 15) is 4.79 Å². The van der Waals surface area contributed by atoms with Crippen LogP contribution in [0.1, 0.15) is 32.8 Å². The number of ether oxygens (including phenoxy) is 1. The fraction of sp³-hybridized carbons (Fsp3) is 0.562. The van der Waals surface area contributed by atoms with Gasteiger partial charge >= 0.3 is 6.09 Å². The lowest BCUT2D eigenvalue weighted by molar-refractivity contribution is 0.0509. The smallest absolute Gasteiger partial charge is 0.407 e. The van der Waals surface area contributed by atoms with E-state index in [1.165, 1.54) is 5.69 Å². The van der Waals surface area contributed by atoms with Gasteiger partial charge in [-0.1, -0.05) is 12.1 Å². The van der Waals surface area contributed by atoms with E-state index >= 15 is 0 Å². The van der Waals surface area contributed by atoms with Crippen molar-refractivity contribution in [2.45, 2.75) is 45.4 Å². The van der Waals surface area contributed by atoms with Crippen LogP contribution in [0.3, 0.4) is 0 Å². The summed E-state index contributed by atoms with van der Waals surface area (Å²) in [6, 6.07) is 8.39. The third-order valence-corrected chi connectivity index (χ3v) is 3.45. The monoisotopic (exact) mass is 291 g/mol. The second kappa shape index (κ2) is 6.35. The van der Waals surface area contributed by atoms with Gasteiger partial charge in [0.2, 0.25) is 0 Å². The molecule has 0 spiro atoms. The van der Waals surface area contributed by atoms with Crippen LogP contribution in [0.25, 0.3) is 0 Å². The number of anilines is 1. The highest BCUT2D eigenvalue weighted by molar-refractivity contribution is 5.68. The number of benzene rings is 1. The quantitative estimate of drug-likeness (QED) is 0.896. The first kappa shape index (κ1) is 15.6. The average molecular weight is 291 g/mol. The molecule has 3 N–H and O–H groups in total. The van der Waals surface area contributed by atoms with Crippen LogP contribution in [0, 0.1) is 0 Å². The molecule has 116 valence electrons. The number of nitrogens with two attached hydrogens (primary N) is 1. The highest BCUT2D eigenvalue weighted by atomic mass is 16.6. The van der Waals surface area contributed by atoms with Gasteiger partial charge in [0.25, 0.3) is 0 Å². The summed E-state index contributed by atoms with van der Waals surface area (Å²) in [6.45, 7) is 7.90. The number of hydrogen-bond donors (Lipinski definition) is 2. The molecular weight excluding hydrogens is 266 g/mol. The predicted octanol–water partition coefficient (Wildman–Crippen LogP) is 2.25. The average Bonchev–Trinajstić information content (AvgIpc) is 2.85. The number of alkyl carbamates (subject to hydrolysis) is 1. The molecule has 1 aliphatic heterocycles. The van der Waals surface area contributed by atoms with Crippen LogP contribution in [-0.4, -0.2) is 30.8 Å². The lowest BCUT2D eigenvalue weighted by Gasteiger charge is -2.22. The Hall–Kier alpha value is -1.75. The molecular formula is C16H25N3O2. The largest absolute Gasteiger partial charge is 0.444 e. The zero-order valence-corrected chi connectivity index (χ0v) is 13.1. The van der Waals surface area contributed by atoms with Crippen molar-refractivity contribution in [1.82, 2.24) is 5.32 Å². The summed E-state index contributed by atoms with van der Waals surface area (Å²) < 4.78 is 5.29. The van der Waals surface area contributed by atoms with E-state index < -0.39 is 5.60 Å². The van der Waals surface area contributed by atoms with E-state index in [1.807, 2.05) is 32.9 Å². The van der Waals surface area contributed by atoms with E-state index in [1.54, 1.807) is 0 Å². The van der Waals surface area contributed by atoms with E-state index in [0.717, 1.165) is 25.1 Å². The molecule has 1 heterocycles. The van der Waals surface area contributed by atoms with Crippen molar-refractivity contribution in [2.24, 2.45) is 5.73 Å². The minimum Gasteiger partial charge on any atom is -0.444 e. The van der Waals surface area contributed by atoms with Crippen LogP contribution in [0.5, 0.6) is 0 Å². The standard InChI is InChI=1S/C16H25N3O2/c1-16(2,3)21-15(20)18-13-8-9-19(11-13)14-6-4-12(10-17)5-7-14/h4-7,13H,8-11,17H2,1-3H3,(H,18,20). The molecule has 0 aromatic heterocycles. The third-order valence-electron chi connectivity index (χ3n) is 3.45. The number of hydrogen-bond acceptors (Lipinski definition) is 4. The molecule has 0 saturated carbocycles. The van der Waals surface area contributed by atoms with Crippen molar-refractivity contribution >= 4 is 11.8 Å². The molecule has 0 bridgehead atoms.